The van der Waals surface area contributed by atoms with Gasteiger partial charge in [0.2, 0.25) is 0 Å². The van der Waals surface area contributed by atoms with Gasteiger partial charge < -0.3 is 15.4 Å². The molecule has 0 spiro atoms. The Balaban J connectivity index is 1.76. The molecule has 2 N–H and O–H groups in total. The minimum absolute atomic E-state index is 0.270. The van der Waals surface area contributed by atoms with E-state index in [2.05, 4.69) is 10.6 Å². The number of hydrogen-bond acceptors (Lipinski definition) is 4. The van der Waals surface area contributed by atoms with E-state index in [1.54, 1.807) is 11.3 Å². The fourth-order valence-electron chi connectivity index (χ4n) is 3.21. The molecule has 2 aromatic rings. The van der Waals surface area contributed by atoms with Gasteiger partial charge in [0.25, 0.3) is 0 Å². The highest BCUT2D eigenvalue weighted by atomic mass is 35.5. The van der Waals surface area contributed by atoms with Gasteiger partial charge in [0.1, 0.15) is 5.00 Å². The van der Waals surface area contributed by atoms with E-state index in [9.17, 15) is 4.79 Å². The van der Waals surface area contributed by atoms with Gasteiger partial charge in [-0.05, 0) is 62.0 Å². The molecule has 144 valence electrons. The SMILES string of the molecule is CCOC(=O)c1c(NC(=S)NCc2ccccc2Cl)sc2c1CCCCC2. The first-order chi connectivity index (χ1) is 13.1. The van der Waals surface area contributed by atoms with Gasteiger partial charge >= 0.3 is 5.97 Å². The predicted molar refractivity (Wildman–Crippen MR) is 116 cm³/mol. The van der Waals surface area contributed by atoms with Crippen LogP contribution in [0, 0.1) is 0 Å². The third kappa shape index (κ3) is 5.00. The van der Waals surface area contributed by atoms with Gasteiger partial charge in [-0.3, -0.25) is 0 Å². The van der Waals surface area contributed by atoms with Crippen molar-refractivity contribution in [3.05, 3.63) is 50.9 Å². The van der Waals surface area contributed by atoms with Crippen LogP contribution >= 0.6 is 35.2 Å². The van der Waals surface area contributed by atoms with Crippen molar-refractivity contribution in [2.75, 3.05) is 11.9 Å². The van der Waals surface area contributed by atoms with Crippen molar-refractivity contribution in [2.24, 2.45) is 0 Å². The van der Waals surface area contributed by atoms with E-state index in [0.29, 0.717) is 28.9 Å². The number of anilines is 1. The van der Waals surface area contributed by atoms with Gasteiger partial charge in [0.05, 0.1) is 12.2 Å². The maximum Gasteiger partial charge on any atom is 0.341 e. The number of esters is 1. The molecule has 0 aliphatic heterocycles. The summed E-state index contributed by atoms with van der Waals surface area (Å²) in [5, 5.41) is 8.32. The molecule has 1 aliphatic carbocycles. The van der Waals surface area contributed by atoms with Gasteiger partial charge in [0.15, 0.2) is 5.11 Å². The first kappa shape index (κ1) is 20.1. The Morgan fingerprint density at radius 2 is 2.04 bits per heavy atom. The van der Waals surface area contributed by atoms with Crippen LogP contribution in [0.5, 0.6) is 0 Å². The zero-order chi connectivity index (χ0) is 19.2. The quantitative estimate of drug-likeness (QED) is 0.387. The summed E-state index contributed by atoms with van der Waals surface area (Å²) in [6.07, 6.45) is 5.38. The molecule has 0 saturated heterocycles. The monoisotopic (exact) mass is 422 g/mol. The van der Waals surface area contributed by atoms with Crippen molar-refractivity contribution < 1.29 is 9.53 Å². The van der Waals surface area contributed by atoms with Gasteiger partial charge in [-0.15, -0.1) is 11.3 Å². The molecule has 1 aliphatic rings. The van der Waals surface area contributed by atoms with Crippen LogP contribution < -0.4 is 10.6 Å². The number of fused-ring (bicyclic) bond motifs is 1. The molecule has 27 heavy (non-hydrogen) atoms. The second-order valence-corrected chi connectivity index (χ2v) is 8.31. The molecule has 0 radical (unpaired) electrons. The molecule has 1 aromatic carbocycles. The van der Waals surface area contributed by atoms with Crippen LogP contribution in [0.4, 0.5) is 5.00 Å². The molecule has 4 nitrogen and oxygen atoms in total. The average Bonchev–Trinajstić information content (AvgIpc) is 2.82. The van der Waals surface area contributed by atoms with E-state index in [-0.39, 0.29) is 5.97 Å². The smallest absolute Gasteiger partial charge is 0.341 e. The summed E-state index contributed by atoms with van der Waals surface area (Å²) >= 11 is 13.3. The number of thiocarbonyl (C=S) groups is 1. The highest BCUT2D eigenvalue weighted by molar-refractivity contribution is 7.80. The number of halogens is 1. The first-order valence-corrected chi connectivity index (χ1v) is 10.8. The number of nitrogens with one attached hydrogen (secondary N) is 2. The van der Waals surface area contributed by atoms with Crippen LogP contribution in [0.2, 0.25) is 5.02 Å². The average molecular weight is 423 g/mol. The first-order valence-electron chi connectivity index (χ1n) is 9.20. The molecule has 1 aromatic heterocycles. The van der Waals surface area contributed by atoms with Crippen molar-refractivity contribution in [3.8, 4) is 0 Å². The highest BCUT2D eigenvalue weighted by Crippen LogP contribution is 2.38. The zero-order valence-electron chi connectivity index (χ0n) is 15.3. The number of hydrogen-bond donors (Lipinski definition) is 2. The second-order valence-electron chi connectivity index (χ2n) is 6.39. The lowest BCUT2D eigenvalue weighted by Crippen LogP contribution is -2.28. The maximum atomic E-state index is 12.6. The predicted octanol–water partition coefficient (Wildman–Crippen LogP) is 5.33. The van der Waals surface area contributed by atoms with Crippen LogP contribution in [0.3, 0.4) is 0 Å². The lowest BCUT2D eigenvalue weighted by atomic mass is 10.1. The third-order valence-corrected chi connectivity index (χ3v) is 6.35. The van der Waals surface area contributed by atoms with Crippen molar-refractivity contribution in [1.29, 1.82) is 0 Å². The summed E-state index contributed by atoms with van der Waals surface area (Å²) < 4.78 is 5.31. The second kappa shape index (κ2) is 9.53. The topological polar surface area (TPSA) is 50.4 Å². The standard InChI is InChI=1S/C20H23ClN2O2S2/c1-2-25-19(24)17-14-9-4-3-5-11-16(14)27-18(17)23-20(26)22-12-13-8-6-7-10-15(13)21/h6-8,10H,2-5,9,11-12H2,1H3,(H2,22,23,26). The van der Waals surface area contributed by atoms with Crippen molar-refractivity contribution in [1.82, 2.24) is 5.32 Å². The molecule has 0 bridgehead atoms. The fraction of sp³-hybridized carbons (Fsp3) is 0.400. The molecule has 0 amide bonds. The summed E-state index contributed by atoms with van der Waals surface area (Å²) in [5.41, 5.74) is 2.75. The normalized spacial score (nSPS) is 13.4. The summed E-state index contributed by atoms with van der Waals surface area (Å²) in [4.78, 5) is 13.8. The lowest BCUT2D eigenvalue weighted by molar-refractivity contribution is 0.0527. The van der Waals surface area contributed by atoms with Crippen LogP contribution in [-0.2, 0) is 24.1 Å². The van der Waals surface area contributed by atoms with E-state index in [4.69, 9.17) is 28.6 Å². The minimum atomic E-state index is -0.270. The Labute approximate surface area is 174 Å². The summed E-state index contributed by atoms with van der Waals surface area (Å²) in [7, 11) is 0. The van der Waals surface area contributed by atoms with Crippen LogP contribution in [0.1, 0.15) is 52.5 Å². The molecule has 3 rings (SSSR count). The molecule has 0 fully saturated rings. The Morgan fingerprint density at radius 1 is 1.26 bits per heavy atom. The van der Waals surface area contributed by atoms with E-state index in [1.807, 2.05) is 31.2 Å². The Hall–Kier alpha value is -1.63. The van der Waals surface area contributed by atoms with Crippen LogP contribution in [0.15, 0.2) is 24.3 Å². The highest BCUT2D eigenvalue weighted by Gasteiger charge is 2.26. The molecule has 0 unspecified atom stereocenters. The number of aryl methyl sites for hydroxylation is 1. The number of rotatable bonds is 5. The Morgan fingerprint density at radius 3 is 2.81 bits per heavy atom. The van der Waals surface area contributed by atoms with Gasteiger partial charge in [-0.2, -0.15) is 0 Å². The third-order valence-electron chi connectivity index (χ3n) is 4.53. The molecule has 1 heterocycles. The summed E-state index contributed by atoms with van der Waals surface area (Å²) in [5.74, 6) is -0.270. The Bertz CT molecular complexity index is 835. The van der Waals surface area contributed by atoms with E-state index < -0.39 is 0 Å². The van der Waals surface area contributed by atoms with Crippen molar-refractivity contribution in [2.45, 2.75) is 45.6 Å². The van der Waals surface area contributed by atoms with Crippen molar-refractivity contribution >= 4 is 51.2 Å². The van der Waals surface area contributed by atoms with Gasteiger partial charge in [-0.25, -0.2) is 4.79 Å². The van der Waals surface area contributed by atoms with Gasteiger partial charge in [-0.1, -0.05) is 36.2 Å². The van der Waals surface area contributed by atoms with Crippen LogP contribution in [0.25, 0.3) is 0 Å². The molecule has 0 atom stereocenters. The number of carbonyl (C=O) groups excluding carboxylic acids is 1. The van der Waals surface area contributed by atoms with Crippen LogP contribution in [-0.4, -0.2) is 17.7 Å². The fourth-order valence-corrected chi connectivity index (χ4v) is 4.94. The molecular formula is C20H23ClN2O2S2. The van der Waals surface area contributed by atoms with Crippen molar-refractivity contribution in [3.63, 3.8) is 0 Å². The lowest BCUT2D eigenvalue weighted by Gasteiger charge is -2.12. The number of ether oxygens (including phenoxy) is 1. The van der Waals surface area contributed by atoms with E-state index in [1.165, 1.54) is 11.3 Å². The minimum Gasteiger partial charge on any atom is -0.462 e. The number of carbonyl (C=O) groups is 1. The number of benzene rings is 1. The van der Waals surface area contributed by atoms with E-state index >= 15 is 0 Å². The Kier molecular flexibility index (Phi) is 7.10. The molecular weight excluding hydrogens is 400 g/mol. The summed E-state index contributed by atoms with van der Waals surface area (Å²) in [6.45, 7) is 2.70. The molecule has 7 heteroatoms. The van der Waals surface area contributed by atoms with Gasteiger partial charge in [0, 0.05) is 16.4 Å². The van der Waals surface area contributed by atoms with E-state index in [0.717, 1.165) is 41.8 Å². The number of thiophene rings is 1. The zero-order valence-corrected chi connectivity index (χ0v) is 17.7. The summed E-state index contributed by atoms with van der Waals surface area (Å²) in [6, 6.07) is 7.64. The largest absolute Gasteiger partial charge is 0.462 e. The maximum absolute atomic E-state index is 12.6. The molecule has 0 saturated carbocycles.